The number of nitrogens with zero attached hydrogens (tertiary/aromatic N) is 2. The average molecular weight is 300 g/mol. The van der Waals surface area contributed by atoms with Gasteiger partial charge in [-0.3, -0.25) is 0 Å². The number of rotatable bonds is 1. The summed E-state index contributed by atoms with van der Waals surface area (Å²) >= 11 is 3.54. The maximum atomic E-state index is 9.91. The van der Waals surface area contributed by atoms with Gasteiger partial charge in [0.25, 0.3) is 0 Å². The monoisotopic (exact) mass is 299 g/mol. The Morgan fingerprint density at radius 3 is 2.94 bits per heavy atom. The Hall–Kier alpha value is -0.810. The predicted octanol–water partition coefficient (Wildman–Crippen LogP) is 1.94. The highest BCUT2D eigenvalue weighted by atomic mass is 79.9. The van der Waals surface area contributed by atoms with E-state index in [0.717, 1.165) is 28.8 Å². The van der Waals surface area contributed by atoms with Gasteiger partial charge in [0.2, 0.25) is 0 Å². The molecule has 0 bridgehead atoms. The highest BCUT2D eigenvalue weighted by Gasteiger charge is 2.26. The molecule has 5 heteroatoms. The molecule has 2 rings (SSSR count). The van der Waals surface area contributed by atoms with Gasteiger partial charge in [-0.1, -0.05) is 6.92 Å². The molecule has 4 nitrogen and oxygen atoms in total. The average Bonchev–Trinajstić information content (AvgIpc) is 2.30. The fourth-order valence-electron chi connectivity index (χ4n) is 2.04. The maximum Gasteiger partial charge on any atom is 0.143 e. The Balaban J connectivity index is 2.26. The molecule has 1 fully saturated rings. The molecule has 2 atom stereocenters. The molecule has 1 aromatic rings. The molecule has 0 saturated carbocycles. The Labute approximate surface area is 110 Å². The summed E-state index contributed by atoms with van der Waals surface area (Å²) in [6.07, 6.45) is 2.38. The molecule has 2 heterocycles. The summed E-state index contributed by atoms with van der Waals surface area (Å²) in [6, 6.07) is 0. The third kappa shape index (κ3) is 2.40. The molecule has 0 aromatic carbocycles. The van der Waals surface area contributed by atoms with E-state index in [1.807, 2.05) is 6.92 Å². The van der Waals surface area contributed by atoms with E-state index >= 15 is 0 Å². The summed E-state index contributed by atoms with van der Waals surface area (Å²) in [6.45, 7) is 5.61. The van der Waals surface area contributed by atoms with Crippen LogP contribution >= 0.6 is 15.9 Å². The van der Waals surface area contributed by atoms with E-state index < -0.39 is 0 Å². The molecule has 1 aliphatic rings. The van der Waals surface area contributed by atoms with Crippen molar-refractivity contribution in [1.29, 1.82) is 0 Å². The molecule has 0 spiro atoms. The van der Waals surface area contributed by atoms with Crippen LogP contribution in [0.25, 0.3) is 0 Å². The van der Waals surface area contributed by atoms with Crippen molar-refractivity contribution >= 4 is 27.4 Å². The minimum Gasteiger partial charge on any atom is -0.397 e. The summed E-state index contributed by atoms with van der Waals surface area (Å²) in [7, 11) is 0. The topological polar surface area (TPSA) is 62.4 Å². The minimum atomic E-state index is -0.282. The summed E-state index contributed by atoms with van der Waals surface area (Å²) in [4.78, 5) is 6.48. The first-order valence-electron chi connectivity index (χ1n) is 5.84. The number of aliphatic hydroxyl groups is 1. The second-order valence-electron chi connectivity index (χ2n) is 4.76. The lowest BCUT2D eigenvalue weighted by molar-refractivity contribution is 0.102. The van der Waals surface area contributed by atoms with Crippen LogP contribution in [0.4, 0.5) is 11.5 Å². The zero-order valence-electron chi connectivity index (χ0n) is 10.2. The van der Waals surface area contributed by atoms with E-state index in [4.69, 9.17) is 5.73 Å². The van der Waals surface area contributed by atoms with Crippen LogP contribution < -0.4 is 10.6 Å². The summed E-state index contributed by atoms with van der Waals surface area (Å²) in [5, 5.41) is 9.91. The zero-order valence-corrected chi connectivity index (χ0v) is 11.7. The van der Waals surface area contributed by atoms with Crippen molar-refractivity contribution in [3.63, 3.8) is 0 Å². The van der Waals surface area contributed by atoms with Crippen molar-refractivity contribution in [3.8, 4) is 0 Å². The number of halogens is 1. The van der Waals surface area contributed by atoms with Gasteiger partial charge in [0.15, 0.2) is 0 Å². The third-order valence-corrected chi connectivity index (χ3v) is 4.45. The number of anilines is 2. The van der Waals surface area contributed by atoms with Gasteiger partial charge in [-0.05, 0) is 40.8 Å². The molecule has 1 saturated heterocycles. The molecule has 94 valence electrons. The second kappa shape index (κ2) is 4.82. The predicted molar refractivity (Wildman–Crippen MR) is 73.1 cm³/mol. The molecule has 2 unspecified atom stereocenters. The molecule has 0 aliphatic carbocycles. The Bertz CT molecular complexity index is 424. The first-order valence-corrected chi connectivity index (χ1v) is 6.63. The fraction of sp³-hybridized carbons (Fsp3) is 0.583. The van der Waals surface area contributed by atoms with E-state index in [-0.39, 0.29) is 6.10 Å². The van der Waals surface area contributed by atoms with E-state index in [2.05, 4.69) is 32.7 Å². The number of aromatic nitrogens is 1. The Kier molecular flexibility index (Phi) is 3.58. The minimum absolute atomic E-state index is 0.282. The summed E-state index contributed by atoms with van der Waals surface area (Å²) < 4.78 is 0.930. The highest BCUT2D eigenvalue weighted by Crippen LogP contribution is 2.32. The van der Waals surface area contributed by atoms with E-state index in [1.165, 1.54) is 0 Å². The lowest BCUT2D eigenvalue weighted by Crippen LogP contribution is -2.43. The lowest BCUT2D eigenvalue weighted by atomic mass is 9.96. The van der Waals surface area contributed by atoms with E-state index in [1.54, 1.807) is 6.20 Å². The molecular weight excluding hydrogens is 282 g/mol. The van der Waals surface area contributed by atoms with Crippen LogP contribution in [0, 0.1) is 12.8 Å². The van der Waals surface area contributed by atoms with Gasteiger partial charge in [0, 0.05) is 13.1 Å². The number of β-amino-alcohol motifs (C(OH)–C–C–N with tert-alkyl or cyclic N) is 1. The van der Waals surface area contributed by atoms with Crippen molar-refractivity contribution < 1.29 is 5.11 Å². The number of nitrogens with two attached hydrogens (primary N) is 1. The van der Waals surface area contributed by atoms with Gasteiger partial charge in [-0.15, -0.1) is 0 Å². The van der Waals surface area contributed by atoms with Crippen LogP contribution in [0.15, 0.2) is 10.7 Å². The molecular formula is C12H18BrN3O. The number of piperidine rings is 1. The van der Waals surface area contributed by atoms with Crippen LogP contribution in [0.3, 0.4) is 0 Å². The van der Waals surface area contributed by atoms with Crippen LogP contribution in [-0.4, -0.2) is 29.3 Å². The lowest BCUT2D eigenvalue weighted by Gasteiger charge is -2.35. The van der Waals surface area contributed by atoms with Gasteiger partial charge < -0.3 is 15.7 Å². The van der Waals surface area contributed by atoms with Crippen molar-refractivity contribution in [2.24, 2.45) is 5.92 Å². The normalized spacial score (nSPS) is 25.1. The molecule has 3 N–H and O–H groups in total. The van der Waals surface area contributed by atoms with Crippen LogP contribution in [0.5, 0.6) is 0 Å². The van der Waals surface area contributed by atoms with Gasteiger partial charge in [0.05, 0.1) is 22.5 Å². The van der Waals surface area contributed by atoms with Crippen molar-refractivity contribution in [3.05, 3.63) is 16.2 Å². The van der Waals surface area contributed by atoms with E-state index in [9.17, 15) is 5.11 Å². The molecule has 17 heavy (non-hydrogen) atoms. The van der Waals surface area contributed by atoms with Crippen molar-refractivity contribution in [2.45, 2.75) is 26.4 Å². The molecule has 1 aliphatic heterocycles. The van der Waals surface area contributed by atoms with Gasteiger partial charge in [0.1, 0.15) is 5.82 Å². The number of nitrogen functional groups attached to an aromatic ring is 1. The van der Waals surface area contributed by atoms with Crippen LogP contribution in [-0.2, 0) is 0 Å². The number of pyridine rings is 1. The van der Waals surface area contributed by atoms with Gasteiger partial charge in [-0.2, -0.15) is 0 Å². The van der Waals surface area contributed by atoms with E-state index in [0.29, 0.717) is 18.2 Å². The first-order chi connectivity index (χ1) is 8.00. The molecule has 0 radical (unpaired) electrons. The number of hydrogen-bond acceptors (Lipinski definition) is 4. The van der Waals surface area contributed by atoms with Crippen LogP contribution in [0.2, 0.25) is 0 Å². The van der Waals surface area contributed by atoms with Crippen molar-refractivity contribution in [2.75, 3.05) is 23.7 Å². The second-order valence-corrected chi connectivity index (χ2v) is 5.55. The largest absolute Gasteiger partial charge is 0.397 e. The first kappa shape index (κ1) is 12.6. The SMILES string of the molecule is Cc1c(N)cnc(N2CCC(C)C(O)C2)c1Br. The summed E-state index contributed by atoms with van der Waals surface area (Å²) in [5.74, 6) is 1.24. The van der Waals surface area contributed by atoms with Crippen LogP contribution in [0.1, 0.15) is 18.9 Å². The third-order valence-electron chi connectivity index (χ3n) is 3.50. The maximum absolute atomic E-state index is 9.91. The molecule has 1 aromatic heterocycles. The Morgan fingerprint density at radius 2 is 2.29 bits per heavy atom. The molecule has 0 amide bonds. The highest BCUT2D eigenvalue weighted by molar-refractivity contribution is 9.10. The summed E-state index contributed by atoms with van der Waals surface area (Å²) in [5.41, 5.74) is 7.50. The Morgan fingerprint density at radius 1 is 1.59 bits per heavy atom. The number of aliphatic hydroxyl groups excluding tert-OH is 1. The standard InChI is InChI=1S/C12H18BrN3O/c1-7-3-4-16(6-10(7)17)12-11(13)8(2)9(14)5-15-12/h5,7,10,17H,3-4,6,14H2,1-2H3. The number of hydrogen-bond donors (Lipinski definition) is 2. The zero-order chi connectivity index (χ0) is 12.6. The smallest absolute Gasteiger partial charge is 0.143 e. The fourth-order valence-corrected chi connectivity index (χ4v) is 2.62. The van der Waals surface area contributed by atoms with Gasteiger partial charge in [-0.25, -0.2) is 4.98 Å². The van der Waals surface area contributed by atoms with Crippen molar-refractivity contribution in [1.82, 2.24) is 4.98 Å². The van der Waals surface area contributed by atoms with Gasteiger partial charge >= 0.3 is 0 Å². The quantitative estimate of drug-likeness (QED) is 0.832.